The molecule has 0 bridgehead atoms. The molecule has 34 heavy (non-hydrogen) atoms. The number of unbranched alkanes of at least 4 members (excludes halogenated alkanes) is 1. The molecule has 0 unspecified atom stereocenters. The molecule has 0 radical (unpaired) electrons. The van der Waals surface area contributed by atoms with Gasteiger partial charge in [-0.05, 0) is 61.2 Å². The highest BCUT2D eigenvalue weighted by Crippen LogP contribution is 2.23. The predicted octanol–water partition coefficient (Wildman–Crippen LogP) is 6.64. The standard InChI is InChI=1S/C27H28ClNO4S/c1-20(32-17-6-5-8-21-13-15-24(31-2)16-14-21)27(30)33-26-12-7-10-23(29-26)19-34-18-22-9-3-4-11-25(22)28/h3-4,7,9-16H,1,5-6,8,17-19H2,2H3. The lowest BCUT2D eigenvalue weighted by Gasteiger charge is -2.09. The van der Waals surface area contributed by atoms with E-state index in [2.05, 4.69) is 11.6 Å². The highest BCUT2D eigenvalue weighted by atomic mass is 35.5. The second kappa shape index (κ2) is 13.7. The van der Waals surface area contributed by atoms with Gasteiger partial charge in [0.2, 0.25) is 5.88 Å². The molecule has 3 aromatic rings. The van der Waals surface area contributed by atoms with Crippen molar-refractivity contribution in [3.05, 3.63) is 101 Å². The van der Waals surface area contributed by atoms with Crippen LogP contribution in [0.15, 0.2) is 79.1 Å². The van der Waals surface area contributed by atoms with Gasteiger partial charge in [-0.1, -0.05) is 48.0 Å². The third-order valence-electron chi connectivity index (χ3n) is 4.97. The Morgan fingerprint density at radius 1 is 1.00 bits per heavy atom. The zero-order chi connectivity index (χ0) is 24.2. The van der Waals surface area contributed by atoms with Crippen molar-refractivity contribution >= 4 is 29.3 Å². The average Bonchev–Trinajstić information content (AvgIpc) is 2.85. The molecule has 0 saturated carbocycles. The molecule has 0 saturated heterocycles. The molecule has 0 aliphatic rings. The largest absolute Gasteiger partial charge is 0.497 e. The summed E-state index contributed by atoms with van der Waals surface area (Å²) in [7, 11) is 1.65. The fraction of sp³-hybridized carbons (Fsp3) is 0.259. The van der Waals surface area contributed by atoms with Crippen LogP contribution >= 0.6 is 23.4 Å². The zero-order valence-corrected chi connectivity index (χ0v) is 20.7. The van der Waals surface area contributed by atoms with Gasteiger partial charge in [-0.3, -0.25) is 0 Å². The molecule has 178 valence electrons. The Balaban J connectivity index is 1.36. The van der Waals surface area contributed by atoms with Gasteiger partial charge in [-0.25, -0.2) is 9.78 Å². The number of aryl methyl sites for hydroxylation is 1. The summed E-state index contributed by atoms with van der Waals surface area (Å²) in [6, 6.07) is 21.1. The average molecular weight is 498 g/mol. The van der Waals surface area contributed by atoms with Crippen molar-refractivity contribution in [2.75, 3.05) is 13.7 Å². The van der Waals surface area contributed by atoms with E-state index in [4.69, 9.17) is 25.8 Å². The molecule has 1 heterocycles. The SMILES string of the molecule is C=C(OCCCCc1ccc(OC)cc1)C(=O)Oc1cccc(CSCc2ccccc2Cl)n1. The number of carbonyl (C=O) groups excluding carboxylic acids is 1. The number of carbonyl (C=O) groups is 1. The molecule has 0 N–H and O–H groups in total. The number of thioether (sulfide) groups is 1. The summed E-state index contributed by atoms with van der Waals surface area (Å²) in [5.41, 5.74) is 3.12. The summed E-state index contributed by atoms with van der Waals surface area (Å²) in [6.45, 7) is 4.08. The molecular formula is C27H28ClNO4S. The molecule has 0 atom stereocenters. The van der Waals surface area contributed by atoms with E-state index in [1.807, 2.05) is 60.7 Å². The van der Waals surface area contributed by atoms with Crippen LogP contribution in [0.1, 0.15) is 29.7 Å². The number of halogens is 1. The summed E-state index contributed by atoms with van der Waals surface area (Å²) in [5, 5.41) is 0.755. The third-order valence-corrected chi connectivity index (χ3v) is 6.35. The molecule has 0 aliphatic heterocycles. The van der Waals surface area contributed by atoms with Crippen LogP contribution in [0.25, 0.3) is 0 Å². The van der Waals surface area contributed by atoms with E-state index in [1.54, 1.807) is 24.9 Å². The summed E-state index contributed by atoms with van der Waals surface area (Å²) in [4.78, 5) is 16.7. The topological polar surface area (TPSA) is 57.7 Å². The Morgan fingerprint density at radius 2 is 1.79 bits per heavy atom. The van der Waals surface area contributed by atoms with Crippen molar-refractivity contribution in [1.82, 2.24) is 4.98 Å². The number of ether oxygens (including phenoxy) is 3. The van der Waals surface area contributed by atoms with E-state index in [9.17, 15) is 4.79 Å². The minimum absolute atomic E-state index is 0.0234. The van der Waals surface area contributed by atoms with Crippen LogP contribution in [-0.4, -0.2) is 24.7 Å². The summed E-state index contributed by atoms with van der Waals surface area (Å²) in [5.74, 6) is 1.85. The summed E-state index contributed by atoms with van der Waals surface area (Å²) >= 11 is 7.89. The van der Waals surface area contributed by atoms with Crippen molar-refractivity contribution in [3.63, 3.8) is 0 Å². The maximum Gasteiger partial charge on any atom is 0.379 e. The Morgan fingerprint density at radius 3 is 2.56 bits per heavy atom. The van der Waals surface area contributed by atoms with Crippen LogP contribution in [0.3, 0.4) is 0 Å². The monoisotopic (exact) mass is 497 g/mol. The number of nitrogens with zero attached hydrogens (tertiary/aromatic N) is 1. The third kappa shape index (κ3) is 8.43. The number of hydrogen-bond donors (Lipinski definition) is 0. The lowest BCUT2D eigenvalue weighted by molar-refractivity contribution is -0.134. The van der Waals surface area contributed by atoms with Gasteiger partial charge in [0.05, 0.1) is 19.4 Å². The Bertz CT molecular complexity index is 1090. The van der Waals surface area contributed by atoms with Gasteiger partial charge in [0.1, 0.15) is 5.75 Å². The fourth-order valence-electron chi connectivity index (χ4n) is 3.11. The first kappa shape index (κ1) is 25.7. The van der Waals surface area contributed by atoms with Gasteiger partial charge in [0, 0.05) is 22.6 Å². The quantitative estimate of drug-likeness (QED) is 0.114. The van der Waals surface area contributed by atoms with Crippen LogP contribution in [-0.2, 0) is 27.5 Å². The molecule has 2 aromatic carbocycles. The molecule has 0 spiro atoms. The van der Waals surface area contributed by atoms with E-state index >= 15 is 0 Å². The number of rotatable bonds is 13. The lowest BCUT2D eigenvalue weighted by Crippen LogP contribution is -2.14. The zero-order valence-electron chi connectivity index (χ0n) is 19.2. The maximum atomic E-state index is 12.3. The molecular weight excluding hydrogens is 470 g/mol. The second-order valence-corrected chi connectivity index (χ2v) is 8.91. The second-order valence-electron chi connectivity index (χ2n) is 7.52. The summed E-state index contributed by atoms with van der Waals surface area (Å²) in [6.07, 6.45) is 2.66. The van der Waals surface area contributed by atoms with E-state index in [-0.39, 0.29) is 11.6 Å². The van der Waals surface area contributed by atoms with E-state index in [1.165, 1.54) is 5.56 Å². The van der Waals surface area contributed by atoms with Crippen LogP contribution in [0, 0.1) is 0 Å². The van der Waals surface area contributed by atoms with Crippen molar-refractivity contribution < 1.29 is 19.0 Å². The minimum Gasteiger partial charge on any atom is -0.497 e. The van der Waals surface area contributed by atoms with E-state index < -0.39 is 5.97 Å². The van der Waals surface area contributed by atoms with Gasteiger partial charge < -0.3 is 14.2 Å². The van der Waals surface area contributed by atoms with Gasteiger partial charge in [0.25, 0.3) is 0 Å². The Labute approximate surface area is 210 Å². The number of methoxy groups -OCH3 is 1. The van der Waals surface area contributed by atoms with Crippen molar-refractivity contribution in [2.24, 2.45) is 0 Å². The molecule has 7 heteroatoms. The van der Waals surface area contributed by atoms with Crippen molar-refractivity contribution in [1.29, 1.82) is 0 Å². The molecule has 1 aromatic heterocycles. The van der Waals surface area contributed by atoms with Crippen LogP contribution in [0.4, 0.5) is 0 Å². The van der Waals surface area contributed by atoms with Crippen LogP contribution in [0.5, 0.6) is 11.6 Å². The van der Waals surface area contributed by atoms with Gasteiger partial charge in [-0.15, -0.1) is 0 Å². The predicted molar refractivity (Wildman–Crippen MR) is 137 cm³/mol. The van der Waals surface area contributed by atoms with Gasteiger partial charge >= 0.3 is 5.97 Å². The highest BCUT2D eigenvalue weighted by molar-refractivity contribution is 7.97. The highest BCUT2D eigenvalue weighted by Gasteiger charge is 2.13. The van der Waals surface area contributed by atoms with Crippen molar-refractivity contribution in [2.45, 2.75) is 30.8 Å². The van der Waals surface area contributed by atoms with Gasteiger partial charge in [-0.2, -0.15) is 11.8 Å². The number of pyridine rings is 1. The molecule has 0 aliphatic carbocycles. The molecule has 0 fully saturated rings. The fourth-order valence-corrected chi connectivity index (χ4v) is 4.33. The number of aromatic nitrogens is 1. The van der Waals surface area contributed by atoms with E-state index in [0.29, 0.717) is 12.4 Å². The van der Waals surface area contributed by atoms with E-state index in [0.717, 1.165) is 47.0 Å². The number of esters is 1. The first-order valence-electron chi connectivity index (χ1n) is 11.0. The first-order valence-corrected chi connectivity index (χ1v) is 12.5. The summed E-state index contributed by atoms with van der Waals surface area (Å²) < 4.78 is 16.0. The number of hydrogen-bond acceptors (Lipinski definition) is 6. The molecule has 3 rings (SSSR count). The Hall–Kier alpha value is -2.96. The van der Waals surface area contributed by atoms with Gasteiger partial charge in [0.15, 0.2) is 5.76 Å². The lowest BCUT2D eigenvalue weighted by atomic mass is 10.1. The number of benzene rings is 2. The molecule has 0 amide bonds. The smallest absolute Gasteiger partial charge is 0.379 e. The minimum atomic E-state index is -0.636. The molecule has 5 nitrogen and oxygen atoms in total. The maximum absolute atomic E-state index is 12.3. The van der Waals surface area contributed by atoms with Crippen molar-refractivity contribution in [3.8, 4) is 11.6 Å². The van der Waals surface area contributed by atoms with Crippen LogP contribution in [0.2, 0.25) is 5.02 Å². The van der Waals surface area contributed by atoms with Crippen LogP contribution < -0.4 is 9.47 Å². The first-order chi connectivity index (χ1) is 16.5. The normalized spacial score (nSPS) is 10.5. The Kier molecular flexibility index (Phi) is 10.3.